The van der Waals surface area contributed by atoms with E-state index in [1.165, 1.54) is 12.4 Å². The summed E-state index contributed by atoms with van der Waals surface area (Å²) in [7, 11) is 0. The van der Waals surface area contributed by atoms with Gasteiger partial charge in [0.15, 0.2) is 17.0 Å². The average Bonchev–Trinajstić information content (AvgIpc) is 3.15. The van der Waals surface area contributed by atoms with Gasteiger partial charge in [-0.05, 0) is 42.5 Å². The van der Waals surface area contributed by atoms with Crippen LogP contribution in [-0.4, -0.2) is 25.6 Å². The van der Waals surface area contributed by atoms with E-state index in [9.17, 15) is 18.0 Å². The first kappa shape index (κ1) is 23.1. The Morgan fingerprint density at radius 3 is 2.34 bits per heavy atom. The number of hydrogen-bond donors (Lipinski definition) is 3. The number of carbonyl (C=O) groups is 1. The van der Waals surface area contributed by atoms with Crippen molar-refractivity contribution in [2.45, 2.75) is 6.18 Å². The van der Waals surface area contributed by atoms with E-state index in [1.54, 1.807) is 35.2 Å². The van der Waals surface area contributed by atoms with Gasteiger partial charge in [0.05, 0.1) is 10.6 Å². The molecule has 0 radical (unpaired) electrons. The van der Waals surface area contributed by atoms with Gasteiger partial charge in [0.2, 0.25) is 0 Å². The number of carbonyl (C=O) groups excluding carboxylic acids is 1. The molecular formula is C19H14Cl2F3N7O. The average molecular weight is 484 g/mol. The predicted octanol–water partition coefficient (Wildman–Crippen LogP) is 5.14. The molecule has 0 saturated heterocycles. The van der Waals surface area contributed by atoms with Crippen LogP contribution in [0, 0.1) is 0 Å². The number of amides is 2. The summed E-state index contributed by atoms with van der Waals surface area (Å²) in [6.45, 7) is 0. The van der Waals surface area contributed by atoms with Crippen LogP contribution in [0.5, 0.6) is 0 Å². The maximum absolute atomic E-state index is 13.0. The molecule has 2 aromatic carbocycles. The summed E-state index contributed by atoms with van der Waals surface area (Å²) < 4.78 is 40.6. The molecule has 4 N–H and O–H groups in total. The smallest absolute Gasteiger partial charge is 0.382 e. The zero-order valence-electron chi connectivity index (χ0n) is 15.9. The minimum absolute atomic E-state index is 0. The summed E-state index contributed by atoms with van der Waals surface area (Å²) in [5.74, 6) is 0.259. The van der Waals surface area contributed by atoms with Gasteiger partial charge in [-0.1, -0.05) is 11.6 Å². The van der Waals surface area contributed by atoms with Crippen LogP contribution in [0.2, 0.25) is 5.02 Å². The van der Waals surface area contributed by atoms with Crippen molar-refractivity contribution in [1.29, 1.82) is 0 Å². The molecule has 0 aliphatic rings. The van der Waals surface area contributed by atoms with E-state index in [-0.39, 0.29) is 23.9 Å². The summed E-state index contributed by atoms with van der Waals surface area (Å²) in [6.07, 6.45) is -1.76. The Morgan fingerprint density at radius 1 is 1.00 bits per heavy atom. The number of urea groups is 1. The van der Waals surface area contributed by atoms with Crippen molar-refractivity contribution in [2.75, 3.05) is 16.4 Å². The lowest BCUT2D eigenvalue weighted by atomic mass is 10.2. The number of imidazole rings is 1. The minimum Gasteiger partial charge on any atom is -0.382 e. The van der Waals surface area contributed by atoms with E-state index in [4.69, 9.17) is 17.3 Å². The Hall–Kier alpha value is -3.57. The first-order valence-corrected chi connectivity index (χ1v) is 9.09. The summed E-state index contributed by atoms with van der Waals surface area (Å²) in [4.78, 5) is 24.4. The highest BCUT2D eigenvalue weighted by Crippen LogP contribution is 2.36. The molecule has 4 rings (SSSR count). The number of rotatable bonds is 3. The van der Waals surface area contributed by atoms with Crippen LogP contribution in [-0.2, 0) is 6.18 Å². The van der Waals surface area contributed by atoms with Crippen molar-refractivity contribution >= 4 is 58.4 Å². The molecule has 32 heavy (non-hydrogen) atoms. The van der Waals surface area contributed by atoms with Crippen molar-refractivity contribution in [2.24, 2.45) is 0 Å². The largest absolute Gasteiger partial charge is 0.417 e. The third-order valence-corrected chi connectivity index (χ3v) is 4.62. The molecule has 0 atom stereocenters. The maximum atomic E-state index is 13.0. The van der Waals surface area contributed by atoms with Crippen LogP contribution >= 0.6 is 24.0 Å². The highest BCUT2D eigenvalue weighted by Gasteiger charge is 2.33. The molecule has 2 aromatic heterocycles. The number of nitrogens with two attached hydrogens (primary N) is 1. The molecule has 0 aliphatic heterocycles. The number of fused-ring (bicyclic) bond motifs is 1. The fourth-order valence-corrected chi connectivity index (χ4v) is 3.09. The first-order chi connectivity index (χ1) is 14.7. The molecule has 0 fully saturated rings. The minimum atomic E-state index is -4.63. The number of benzene rings is 2. The van der Waals surface area contributed by atoms with Gasteiger partial charge in [-0.25, -0.2) is 19.7 Å². The SMILES string of the molecule is Cl.Nc1ncnc2c1ncn2-c1ccc(NC(=O)Nc2ccc(Cl)c(C(F)(F)F)c2)cc1. The molecule has 0 spiro atoms. The number of nitrogens with one attached hydrogen (secondary N) is 2. The molecule has 4 aromatic rings. The van der Waals surface area contributed by atoms with Crippen LogP contribution < -0.4 is 16.4 Å². The van der Waals surface area contributed by atoms with Crippen LogP contribution in [0.15, 0.2) is 55.1 Å². The standard InChI is InChI=1S/C19H13ClF3N7O.ClH/c20-14-6-3-11(7-13(14)19(21,22)23)29-18(31)28-10-1-4-12(5-2-10)30-9-27-15-16(24)25-8-26-17(15)30;/h1-9H,(H2,24,25,26)(H2,28,29,31);1H. The van der Waals surface area contributed by atoms with Gasteiger partial charge in [0.25, 0.3) is 0 Å². The molecule has 8 nitrogen and oxygen atoms in total. The van der Waals surface area contributed by atoms with Crippen molar-refractivity contribution in [3.63, 3.8) is 0 Å². The lowest BCUT2D eigenvalue weighted by molar-refractivity contribution is -0.137. The molecule has 0 saturated carbocycles. The normalized spacial score (nSPS) is 11.1. The van der Waals surface area contributed by atoms with E-state index in [0.717, 1.165) is 12.1 Å². The third-order valence-electron chi connectivity index (χ3n) is 4.29. The lowest BCUT2D eigenvalue weighted by Gasteiger charge is -2.12. The number of alkyl halides is 3. The molecule has 0 aliphatic carbocycles. The summed E-state index contributed by atoms with van der Waals surface area (Å²) in [6, 6.07) is 9.05. The van der Waals surface area contributed by atoms with Crippen molar-refractivity contribution in [3.8, 4) is 5.69 Å². The van der Waals surface area contributed by atoms with Crippen LogP contribution in [0.1, 0.15) is 5.56 Å². The second-order valence-electron chi connectivity index (χ2n) is 6.36. The number of halogens is 5. The van der Waals surface area contributed by atoms with E-state index in [0.29, 0.717) is 22.5 Å². The molecule has 0 bridgehead atoms. The quantitative estimate of drug-likeness (QED) is 0.373. The number of nitrogens with zero attached hydrogens (tertiary/aromatic N) is 4. The number of aromatic nitrogens is 4. The second-order valence-corrected chi connectivity index (χ2v) is 6.77. The highest BCUT2D eigenvalue weighted by atomic mass is 35.5. The van der Waals surface area contributed by atoms with E-state index in [1.807, 2.05) is 0 Å². The van der Waals surface area contributed by atoms with Crippen molar-refractivity contribution in [3.05, 3.63) is 65.7 Å². The zero-order chi connectivity index (χ0) is 22.2. The summed E-state index contributed by atoms with van der Waals surface area (Å²) in [5, 5.41) is 4.44. The maximum Gasteiger partial charge on any atom is 0.417 e. The molecule has 0 unspecified atom stereocenters. The van der Waals surface area contributed by atoms with E-state index in [2.05, 4.69) is 25.6 Å². The van der Waals surface area contributed by atoms with Crippen LogP contribution in [0.4, 0.5) is 35.2 Å². The van der Waals surface area contributed by atoms with Crippen LogP contribution in [0.25, 0.3) is 16.9 Å². The van der Waals surface area contributed by atoms with Gasteiger partial charge in [0.1, 0.15) is 12.7 Å². The molecular weight excluding hydrogens is 470 g/mol. The summed E-state index contributed by atoms with van der Waals surface area (Å²) >= 11 is 5.58. The number of hydrogen-bond acceptors (Lipinski definition) is 5. The van der Waals surface area contributed by atoms with Gasteiger partial charge in [-0.15, -0.1) is 12.4 Å². The molecule has 2 heterocycles. The Morgan fingerprint density at radius 2 is 1.66 bits per heavy atom. The zero-order valence-corrected chi connectivity index (χ0v) is 17.5. The van der Waals surface area contributed by atoms with Crippen LogP contribution in [0.3, 0.4) is 0 Å². The van der Waals surface area contributed by atoms with Gasteiger partial charge in [-0.2, -0.15) is 13.2 Å². The number of anilines is 3. The van der Waals surface area contributed by atoms with Crippen molar-refractivity contribution < 1.29 is 18.0 Å². The highest BCUT2D eigenvalue weighted by molar-refractivity contribution is 6.31. The second kappa shape index (κ2) is 8.89. The topological polar surface area (TPSA) is 111 Å². The fraction of sp³-hybridized carbons (Fsp3) is 0.0526. The molecule has 2 amide bonds. The number of nitrogen functional groups attached to an aromatic ring is 1. The lowest BCUT2D eigenvalue weighted by Crippen LogP contribution is -2.20. The first-order valence-electron chi connectivity index (χ1n) is 8.71. The third kappa shape index (κ3) is 4.68. The van der Waals surface area contributed by atoms with Gasteiger partial charge in [0, 0.05) is 17.1 Å². The van der Waals surface area contributed by atoms with Gasteiger partial charge < -0.3 is 16.4 Å². The van der Waals surface area contributed by atoms with E-state index < -0.39 is 22.8 Å². The van der Waals surface area contributed by atoms with E-state index >= 15 is 0 Å². The summed E-state index contributed by atoms with van der Waals surface area (Å²) in [5.41, 5.74) is 6.81. The predicted molar refractivity (Wildman–Crippen MR) is 117 cm³/mol. The molecule has 166 valence electrons. The Labute approximate surface area is 190 Å². The Kier molecular flexibility index (Phi) is 6.42. The van der Waals surface area contributed by atoms with Crippen molar-refractivity contribution in [1.82, 2.24) is 19.5 Å². The van der Waals surface area contributed by atoms with Gasteiger partial charge in [-0.3, -0.25) is 4.57 Å². The Bertz CT molecular complexity index is 1280. The fourth-order valence-electron chi connectivity index (χ4n) is 2.86. The monoisotopic (exact) mass is 483 g/mol. The molecule has 13 heteroatoms. The Balaban J connectivity index is 0.00000289. The van der Waals surface area contributed by atoms with Gasteiger partial charge >= 0.3 is 12.2 Å².